The first-order valence-electron chi connectivity index (χ1n) is 7.91. The van der Waals surface area contributed by atoms with Crippen LogP contribution in [0, 0.1) is 6.92 Å². The fourth-order valence-corrected chi connectivity index (χ4v) is 2.57. The molecule has 0 aliphatic heterocycles. The van der Waals surface area contributed by atoms with Crippen molar-refractivity contribution in [1.29, 1.82) is 0 Å². The highest BCUT2D eigenvalue weighted by Gasteiger charge is 2.10. The maximum atomic E-state index is 11.9. The Morgan fingerprint density at radius 2 is 2.14 bits per heavy atom. The van der Waals surface area contributed by atoms with Gasteiger partial charge in [-0.1, -0.05) is 32.3 Å². The zero-order valence-electron chi connectivity index (χ0n) is 13.1. The Labute approximate surface area is 126 Å². The number of hydrogen-bond acceptors (Lipinski definition) is 2. The number of carbonyl (C=O) groups is 1. The molecule has 0 atom stereocenters. The summed E-state index contributed by atoms with van der Waals surface area (Å²) in [5.74, 6) is 0.136. The standard InChI is InChI=1S/C17H25N3O/c1-3-4-5-7-12-18-17(21)11-10-15-14(2)19-16-9-6-8-13-20(15)16/h6,8-9,13H,3-5,7,10-12H2,1-2H3,(H,18,21). The summed E-state index contributed by atoms with van der Waals surface area (Å²) in [4.78, 5) is 16.4. The summed E-state index contributed by atoms with van der Waals surface area (Å²) in [5, 5.41) is 3.00. The molecule has 0 aliphatic carbocycles. The van der Waals surface area contributed by atoms with Crippen LogP contribution in [0.25, 0.3) is 5.65 Å². The van der Waals surface area contributed by atoms with E-state index in [1.54, 1.807) is 0 Å². The van der Waals surface area contributed by atoms with E-state index in [1.807, 2.05) is 31.3 Å². The van der Waals surface area contributed by atoms with Crippen molar-refractivity contribution in [3.05, 3.63) is 35.8 Å². The molecule has 0 unspecified atom stereocenters. The quantitative estimate of drug-likeness (QED) is 0.757. The van der Waals surface area contributed by atoms with Gasteiger partial charge in [0, 0.05) is 24.9 Å². The maximum absolute atomic E-state index is 11.9. The lowest BCUT2D eigenvalue weighted by molar-refractivity contribution is -0.121. The highest BCUT2D eigenvalue weighted by atomic mass is 16.1. The van der Waals surface area contributed by atoms with E-state index >= 15 is 0 Å². The number of aryl methyl sites for hydroxylation is 2. The molecule has 1 N–H and O–H groups in total. The third-order valence-electron chi connectivity index (χ3n) is 3.77. The predicted molar refractivity (Wildman–Crippen MR) is 85.4 cm³/mol. The van der Waals surface area contributed by atoms with Gasteiger partial charge in [0.2, 0.25) is 5.91 Å². The number of hydrogen-bond donors (Lipinski definition) is 1. The number of rotatable bonds is 8. The summed E-state index contributed by atoms with van der Waals surface area (Å²) < 4.78 is 2.07. The van der Waals surface area contributed by atoms with Crippen molar-refractivity contribution in [2.24, 2.45) is 0 Å². The second-order valence-electron chi connectivity index (χ2n) is 5.48. The lowest BCUT2D eigenvalue weighted by Crippen LogP contribution is -2.24. The molecule has 4 heteroatoms. The zero-order valence-corrected chi connectivity index (χ0v) is 13.1. The van der Waals surface area contributed by atoms with Crippen molar-refractivity contribution in [1.82, 2.24) is 14.7 Å². The van der Waals surface area contributed by atoms with Crippen molar-refractivity contribution in [3.8, 4) is 0 Å². The highest BCUT2D eigenvalue weighted by molar-refractivity contribution is 5.76. The van der Waals surface area contributed by atoms with Crippen LogP contribution in [0.3, 0.4) is 0 Å². The average molecular weight is 287 g/mol. The fraction of sp³-hybridized carbons (Fsp3) is 0.529. The van der Waals surface area contributed by atoms with Gasteiger partial charge in [-0.15, -0.1) is 0 Å². The van der Waals surface area contributed by atoms with Crippen LogP contribution < -0.4 is 5.32 Å². The number of nitrogens with zero attached hydrogens (tertiary/aromatic N) is 2. The largest absolute Gasteiger partial charge is 0.356 e. The van der Waals surface area contributed by atoms with Gasteiger partial charge in [-0.05, 0) is 31.9 Å². The summed E-state index contributed by atoms with van der Waals surface area (Å²) in [6.07, 6.45) is 8.01. The summed E-state index contributed by atoms with van der Waals surface area (Å²) in [7, 11) is 0. The monoisotopic (exact) mass is 287 g/mol. The van der Waals surface area contributed by atoms with Crippen LogP contribution in [0.5, 0.6) is 0 Å². The number of pyridine rings is 1. The second kappa shape index (κ2) is 7.81. The Morgan fingerprint density at radius 3 is 2.95 bits per heavy atom. The molecule has 0 aliphatic rings. The van der Waals surface area contributed by atoms with Crippen LogP contribution in [0.2, 0.25) is 0 Å². The van der Waals surface area contributed by atoms with E-state index in [1.165, 1.54) is 19.3 Å². The molecule has 21 heavy (non-hydrogen) atoms. The summed E-state index contributed by atoms with van der Waals surface area (Å²) in [6.45, 7) is 4.99. The minimum Gasteiger partial charge on any atom is -0.356 e. The minimum atomic E-state index is 0.136. The molecule has 0 bridgehead atoms. The molecule has 0 fully saturated rings. The first kappa shape index (κ1) is 15.5. The molecule has 2 aromatic rings. The summed E-state index contributed by atoms with van der Waals surface area (Å²) in [5.41, 5.74) is 3.09. The molecular formula is C17H25N3O. The smallest absolute Gasteiger partial charge is 0.220 e. The molecule has 0 radical (unpaired) electrons. The van der Waals surface area contributed by atoms with Gasteiger partial charge in [0.25, 0.3) is 0 Å². The van der Waals surface area contributed by atoms with Gasteiger partial charge in [0.1, 0.15) is 5.65 Å². The Kier molecular flexibility index (Phi) is 5.78. The van der Waals surface area contributed by atoms with Crippen molar-refractivity contribution in [2.45, 2.75) is 52.4 Å². The van der Waals surface area contributed by atoms with Crippen LogP contribution in [0.1, 0.15) is 50.4 Å². The van der Waals surface area contributed by atoms with Gasteiger partial charge in [0.15, 0.2) is 0 Å². The zero-order chi connectivity index (χ0) is 15.1. The van der Waals surface area contributed by atoms with Gasteiger partial charge >= 0.3 is 0 Å². The predicted octanol–water partition coefficient (Wildman–Crippen LogP) is 3.27. The molecule has 2 heterocycles. The SMILES string of the molecule is CCCCCCNC(=O)CCc1c(C)nc2ccccn12. The van der Waals surface area contributed by atoms with E-state index in [-0.39, 0.29) is 5.91 Å². The number of amides is 1. The molecule has 0 saturated carbocycles. The first-order chi connectivity index (χ1) is 10.2. The van der Waals surface area contributed by atoms with Gasteiger partial charge in [0.05, 0.1) is 5.69 Å². The van der Waals surface area contributed by atoms with E-state index in [0.29, 0.717) is 6.42 Å². The Balaban J connectivity index is 1.81. The molecule has 0 saturated heterocycles. The van der Waals surface area contributed by atoms with Crippen LogP contribution in [-0.2, 0) is 11.2 Å². The number of aromatic nitrogens is 2. The summed E-state index contributed by atoms with van der Waals surface area (Å²) in [6, 6.07) is 5.96. The minimum absolute atomic E-state index is 0.136. The highest BCUT2D eigenvalue weighted by Crippen LogP contribution is 2.13. The maximum Gasteiger partial charge on any atom is 0.220 e. The number of carbonyl (C=O) groups excluding carboxylic acids is 1. The van der Waals surface area contributed by atoms with Gasteiger partial charge in [-0.25, -0.2) is 4.98 Å². The topological polar surface area (TPSA) is 46.4 Å². The number of imidazole rings is 1. The number of unbranched alkanes of at least 4 members (excludes halogenated alkanes) is 3. The van der Waals surface area contributed by atoms with E-state index in [4.69, 9.17) is 0 Å². The molecule has 1 amide bonds. The average Bonchev–Trinajstić information content (AvgIpc) is 2.80. The van der Waals surface area contributed by atoms with E-state index in [2.05, 4.69) is 21.6 Å². The lowest BCUT2D eigenvalue weighted by Gasteiger charge is -2.06. The van der Waals surface area contributed by atoms with Gasteiger partial charge in [-0.2, -0.15) is 0 Å². The second-order valence-corrected chi connectivity index (χ2v) is 5.48. The normalized spacial score (nSPS) is 11.0. The van der Waals surface area contributed by atoms with Crippen LogP contribution >= 0.6 is 0 Å². The van der Waals surface area contributed by atoms with Crippen LogP contribution in [-0.4, -0.2) is 21.8 Å². The molecule has 2 aromatic heterocycles. The number of fused-ring (bicyclic) bond motifs is 1. The first-order valence-corrected chi connectivity index (χ1v) is 7.91. The lowest BCUT2D eigenvalue weighted by atomic mass is 10.2. The van der Waals surface area contributed by atoms with Crippen LogP contribution in [0.15, 0.2) is 24.4 Å². The molecule has 2 rings (SSSR count). The van der Waals surface area contributed by atoms with E-state index in [0.717, 1.165) is 36.4 Å². The molecule has 0 aromatic carbocycles. The fourth-order valence-electron chi connectivity index (χ4n) is 2.57. The van der Waals surface area contributed by atoms with E-state index in [9.17, 15) is 4.79 Å². The van der Waals surface area contributed by atoms with E-state index < -0.39 is 0 Å². The van der Waals surface area contributed by atoms with Gasteiger partial charge < -0.3 is 9.72 Å². The van der Waals surface area contributed by atoms with Crippen molar-refractivity contribution < 1.29 is 4.79 Å². The molecule has 0 spiro atoms. The van der Waals surface area contributed by atoms with Crippen LogP contribution in [0.4, 0.5) is 0 Å². The number of nitrogens with one attached hydrogen (secondary N) is 1. The molecule has 4 nitrogen and oxygen atoms in total. The van der Waals surface area contributed by atoms with Gasteiger partial charge in [-0.3, -0.25) is 4.79 Å². The van der Waals surface area contributed by atoms with Crippen molar-refractivity contribution in [2.75, 3.05) is 6.54 Å². The Bertz CT molecular complexity index is 589. The molecular weight excluding hydrogens is 262 g/mol. The molecule has 114 valence electrons. The third-order valence-corrected chi connectivity index (χ3v) is 3.77. The van der Waals surface area contributed by atoms with Crippen molar-refractivity contribution in [3.63, 3.8) is 0 Å². The Hall–Kier alpha value is -1.84. The Morgan fingerprint density at radius 1 is 1.29 bits per heavy atom. The summed E-state index contributed by atoms with van der Waals surface area (Å²) >= 11 is 0. The third kappa shape index (κ3) is 4.31. The van der Waals surface area contributed by atoms with Crippen molar-refractivity contribution >= 4 is 11.6 Å².